The summed E-state index contributed by atoms with van der Waals surface area (Å²) in [5, 5.41) is 22.9. The third-order valence-electron chi connectivity index (χ3n) is 3.38. The van der Waals surface area contributed by atoms with Crippen LogP contribution in [-0.4, -0.2) is 32.2 Å². The van der Waals surface area contributed by atoms with Crippen molar-refractivity contribution in [1.29, 1.82) is 0 Å². The SMILES string of the molecule is COc1cccc(-c2nc(NO)nc(Nc3cccc([N+](=O)[O-])c3)n2)c1. The number of nitrogens with zero attached hydrogens (tertiary/aromatic N) is 4. The maximum atomic E-state index is 10.9. The highest BCUT2D eigenvalue weighted by molar-refractivity contribution is 5.63. The second-order valence-corrected chi connectivity index (χ2v) is 5.08. The van der Waals surface area contributed by atoms with Gasteiger partial charge >= 0.3 is 0 Å². The average molecular weight is 354 g/mol. The van der Waals surface area contributed by atoms with Crippen molar-refractivity contribution in [3.05, 3.63) is 58.6 Å². The first-order valence-electron chi connectivity index (χ1n) is 7.41. The summed E-state index contributed by atoms with van der Waals surface area (Å²) < 4.78 is 5.18. The summed E-state index contributed by atoms with van der Waals surface area (Å²) in [4.78, 5) is 22.8. The monoisotopic (exact) mass is 354 g/mol. The maximum absolute atomic E-state index is 10.9. The Bertz CT molecular complexity index is 950. The van der Waals surface area contributed by atoms with E-state index in [0.29, 0.717) is 17.0 Å². The van der Waals surface area contributed by atoms with E-state index in [-0.39, 0.29) is 23.4 Å². The molecule has 0 saturated heterocycles. The summed E-state index contributed by atoms with van der Waals surface area (Å²) in [6, 6.07) is 12.9. The number of benzene rings is 2. The fourth-order valence-electron chi connectivity index (χ4n) is 2.20. The van der Waals surface area contributed by atoms with Crippen LogP contribution in [0.25, 0.3) is 11.4 Å². The van der Waals surface area contributed by atoms with Gasteiger partial charge < -0.3 is 10.1 Å². The van der Waals surface area contributed by atoms with Gasteiger partial charge in [-0.05, 0) is 18.2 Å². The smallest absolute Gasteiger partial charge is 0.271 e. The Morgan fingerprint density at radius 1 is 1.08 bits per heavy atom. The minimum absolute atomic E-state index is 0.0717. The van der Waals surface area contributed by atoms with Crippen LogP contribution in [0, 0.1) is 10.1 Å². The first-order chi connectivity index (χ1) is 12.6. The van der Waals surface area contributed by atoms with Crippen LogP contribution >= 0.6 is 0 Å². The van der Waals surface area contributed by atoms with Crippen molar-refractivity contribution in [2.24, 2.45) is 0 Å². The van der Waals surface area contributed by atoms with Crippen LogP contribution in [0.1, 0.15) is 0 Å². The molecular weight excluding hydrogens is 340 g/mol. The number of methoxy groups -OCH3 is 1. The van der Waals surface area contributed by atoms with E-state index in [4.69, 9.17) is 4.74 Å². The number of nitro groups is 1. The molecule has 3 N–H and O–H groups in total. The minimum atomic E-state index is -0.499. The molecule has 10 nitrogen and oxygen atoms in total. The Morgan fingerprint density at radius 2 is 1.85 bits per heavy atom. The van der Waals surface area contributed by atoms with E-state index < -0.39 is 4.92 Å². The van der Waals surface area contributed by atoms with E-state index in [9.17, 15) is 15.3 Å². The summed E-state index contributed by atoms with van der Waals surface area (Å²) in [6.45, 7) is 0. The molecule has 26 heavy (non-hydrogen) atoms. The lowest BCUT2D eigenvalue weighted by molar-refractivity contribution is -0.384. The zero-order valence-electron chi connectivity index (χ0n) is 13.6. The van der Waals surface area contributed by atoms with Gasteiger partial charge in [-0.1, -0.05) is 18.2 Å². The van der Waals surface area contributed by atoms with Crippen LogP contribution in [0.5, 0.6) is 5.75 Å². The number of nitrogens with one attached hydrogen (secondary N) is 2. The Kier molecular flexibility index (Phi) is 4.85. The minimum Gasteiger partial charge on any atom is -0.497 e. The summed E-state index contributed by atoms with van der Waals surface area (Å²) in [6.07, 6.45) is 0. The second kappa shape index (κ2) is 7.40. The van der Waals surface area contributed by atoms with Crippen molar-refractivity contribution >= 4 is 23.3 Å². The second-order valence-electron chi connectivity index (χ2n) is 5.08. The van der Waals surface area contributed by atoms with Gasteiger partial charge in [-0.15, -0.1) is 0 Å². The average Bonchev–Trinajstić information content (AvgIpc) is 2.68. The van der Waals surface area contributed by atoms with E-state index in [1.807, 2.05) is 5.48 Å². The number of rotatable bonds is 6. The lowest BCUT2D eigenvalue weighted by Gasteiger charge is -2.09. The molecule has 132 valence electrons. The molecule has 3 aromatic rings. The molecule has 0 bridgehead atoms. The molecule has 0 fully saturated rings. The number of non-ortho nitro benzene ring substituents is 1. The first-order valence-corrected chi connectivity index (χ1v) is 7.41. The fourth-order valence-corrected chi connectivity index (χ4v) is 2.20. The normalized spacial score (nSPS) is 10.2. The predicted octanol–water partition coefficient (Wildman–Crippen LogP) is 3.00. The molecule has 0 spiro atoms. The van der Waals surface area contributed by atoms with Gasteiger partial charge in [0, 0.05) is 23.4 Å². The van der Waals surface area contributed by atoms with E-state index in [0.717, 1.165) is 0 Å². The van der Waals surface area contributed by atoms with Gasteiger partial charge in [0.25, 0.3) is 11.6 Å². The van der Waals surface area contributed by atoms with Gasteiger partial charge in [0.2, 0.25) is 5.95 Å². The Morgan fingerprint density at radius 3 is 2.58 bits per heavy atom. The molecule has 1 aromatic heterocycles. The molecule has 10 heteroatoms. The van der Waals surface area contributed by atoms with E-state index in [1.54, 1.807) is 37.4 Å². The van der Waals surface area contributed by atoms with Crippen LogP contribution in [-0.2, 0) is 0 Å². The van der Waals surface area contributed by atoms with Crippen molar-refractivity contribution < 1.29 is 14.9 Å². The lowest BCUT2D eigenvalue weighted by Crippen LogP contribution is -2.06. The Labute approximate surface area is 147 Å². The molecule has 2 aromatic carbocycles. The van der Waals surface area contributed by atoms with Crippen LogP contribution < -0.4 is 15.5 Å². The highest BCUT2D eigenvalue weighted by Crippen LogP contribution is 2.24. The number of hydrogen-bond donors (Lipinski definition) is 3. The van der Waals surface area contributed by atoms with Crippen molar-refractivity contribution in [2.45, 2.75) is 0 Å². The van der Waals surface area contributed by atoms with Gasteiger partial charge in [-0.2, -0.15) is 15.0 Å². The first kappa shape index (κ1) is 17.0. The van der Waals surface area contributed by atoms with Crippen LogP contribution in [0.4, 0.5) is 23.3 Å². The number of nitro benzene ring substituents is 1. The summed E-state index contributed by atoms with van der Waals surface area (Å²) >= 11 is 0. The molecule has 0 aliphatic heterocycles. The topological polar surface area (TPSA) is 135 Å². The number of hydrogen-bond acceptors (Lipinski definition) is 9. The van der Waals surface area contributed by atoms with Gasteiger partial charge in [-0.3, -0.25) is 15.3 Å². The Hall–Kier alpha value is -3.79. The number of anilines is 3. The fraction of sp³-hybridized carbons (Fsp3) is 0.0625. The van der Waals surface area contributed by atoms with Crippen LogP contribution in [0.15, 0.2) is 48.5 Å². The van der Waals surface area contributed by atoms with E-state index in [2.05, 4.69) is 20.3 Å². The Balaban J connectivity index is 1.97. The van der Waals surface area contributed by atoms with Gasteiger partial charge in [0.1, 0.15) is 5.75 Å². The molecular formula is C16H14N6O4. The third kappa shape index (κ3) is 3.82. The highest BCUT2D eigenvalue weighted by atomic mass is 16.6. The molecule has 0 atom stereocenters. The quantitative estimate of drug-likeness (QED) is 0.451. The zero-order valence-corrected chi connectivity index (χ0v) is 13.6. The van der Waals surface area contributed by atoms with Crippen molar-refractivity contribution in [3.63, 3.8) is 0 Å². The highest BCUT2D eigenvalue weighted by Gasteiger charge is 2.11. The van der Waals surface area contributed by atoms with Crippen LogP contribution in [0.3, 0.4) is 0 Å². The summed E-state index contributed by atoms with van der Waals surface area (Å²) in [5.41, 5.74) is 2.87. The summed E-state index contributed by atoms with van der Waals surface area (Å²) in [5.74, 6) is 0.929. The third-order valence-corrected chi connectivity index (χ3v) is 3.38. The molecule has 0 saturated carbocycles. The molecule has 3 rings (SSSR count). The lowest BCUT2D eigenvalue weighted by atomic mass is 10.2. The van der Waals surface area contributed by atoms with Gasteiger partial charge in [-0.25, -0.2) is 5.48 Å². The predicted molar refractivity (Wildman–Crippen MR) is 93.6 cm³/mol. The molecule has 0 aliphatic rings. The maximum Gasteiger partial charge on any atom is 0.271 e. The van der Waals surface area contributed by atoms with Crippen molar-refractivity contribution in [1.82, 2.24) is 15.0 Å². The van der Waals surface area contributed by atoms with E-state index in [1.165, 1.54) is 18.2 Å². The molecule has 0 radical (unpaired) electrons. The summed E-state index contributed by atoms with van der Waals surface area (Å²) in [7, 11) is 1.54. The van der Waals surface area contributed by atoms with Crippen molar-refractivity contribution in [2.75, 3.05) is 17.9 Å². The van der Waals surface area contributed by atoms with Crippen LogP contribution in [0.2, 0.25) is 0 Å². The van der Waals surface area contributed by atoms with E-state index >= 15 is 0 Å². The number of aromatic nitrogens is 3. The van der Waals surface area contributed by atoms with Crippen molar-refractivity contribution in [3.8, 4) is 17.1 Å². The molecule has 0 amide bonds. The number of ether oxygens (including phenoxy) is 1. The standard InChI is InChI=1S/C16H14N6O4/c1-26-13-7-2-4-10(8-13)14-18-15(20-16(19-14)21-23)17-11-5-3-6-12(9-11)22(24)25/h2-9,23H,1H3,(H2,17,18,19,20,21). The molecule has 0 unspecified atom stereocenters. The molecule has 0 aliphatic carbocycles. The largest absolute Gasteiger partial charge is 0.497 e. The van der Waals surface area contributed by atoms with Gasteiger partial charge in [0.05, 0.1) is 12.0 Å². The zero-order chi connectivity index (χ0) is 18.5. The molecule has 1 heterocycles. The van der Waals surface area contributed by atoms with Gasteiger partial charge in [0.15, 0.2) is 5.82 Å².